The number of carbonyl (C=O) groups is 1. The monoisotopic (exact) mass is 274 g/mol. The molecule has 0 unspecified atom stereocenters. The van der Waals surface area contributed by atoms with Gasteiger partial charge in [-0.1, -0.05) is 6.07 Å². The van der Waals surface area contributed by atoms with Crippen LogP contribution < -0.4 is 10.6 Å². The van der Waals surface area contributed by atoms with E-state index in [-0.39, 0.29) is 11.8 Å². The van der Waals surface area contributed by atoms with Crippen LogP contribution in [0.25, 0.3) is 0 Å². The fourth-order valence-electron chi connectivity index (χ4n) is 2.57. The molecule has 4 heteroatoms. The molecule has 1 amide bonds. The quantitative estimate of drug-likeness (QED) is 0.838. The number of nitrogens with one attached hydrogen (secondary N) is 2. The lowest BCUT2D eigenvalue weighted by atomic mass is 9.89. The third kappa shape index (κ3) is 3.31. The Bertz CT molecular complexity index is 479. The number of amides is 1. The van der Waals surface area contributed by atoms with Crippen molar-refractivity contribution in [1.82, 2.24) is 0 Å². The molecular formula is C16H22N2O2. The molecule has 108 valence electrons. The van der Waals surface area contributed by atoms with Crippen LogP contribution in [-0.4, -0.2) is 24.7 Å². The molecule has 0 aliphatic heterocycles. The largest absolute Gasteiger partial charge is 0.382 e. The molecule has 2 aliphatic rings. The molecule has 20 heavy (non-hydrogen) atoms. The molecular weight excluding hydrogens is 252 g/mol. The van der Waals surface area contributed by atoms with E-state index in [1.165, 1.54) is 0 Å². The minimum absolute atomic E-state index is 0.155. The maximum absolute atomic E-state index is 11.7. The van der Waals surface area contributed by atoms with Crippen molar-refractivity contribution < 1.29 is 9.53 Å². The Labute approximate surface area is 119 Å². The first kappa shape index (κ1) is 13.4. The lowest BCUT2D eigenvalue weighted by Gasteiger charge is -2.36. The number of hydrogen-bond donors (Lipinski definition) is 2. The molecule has 0 spiro atoms. The maximum atomic E-state index is 11.7. The predicted octanol–water partition coefficient (Wildman–Crippen LogP) is 3.01. The van der Waals surface area contributed by atoms with E-state index in [0.717, 1.165) is 43.7 Å². The van der Waals surface area contributed by atoms with Crippen molar-refractivity contribution in [3.05, 3.63) is 24.3 Å². The zero-order valence-electron chi connectivity index (χ0n) is 11.9. The Morgan fingerprint density at radius 3 is 2.75 bits per heavy atom. The third-order valence-electron chi connectivity index (χ3n) is 3.95. The summed E-state index contributed by atoms with van der Waals surface area (Å²) in [5.74, 6) is 0.396. The lowest BCUT2D eigenvalue weighted by molar-refractivity contribution is -0.117. The fraction of sp³-hybridized carbons (Fsp3) is 0.562. The van der Waals surface area contributed by atoms with Gasteiger partial charge in [-0.2, -0.15) is 0 Å². The molecule has 3 rings (SSSR count). The van der Waals surface area contributed by atoms with Gasteiger partial charge in [-0.05, 0) is 50.8 Å². The van der Waals surface area contributed by atoms with Crippen LogP contribution in [-0.2, 0) is 9.53 Å². The predicted molar refractivity (Wildman–Crippen MR) is 79.9 cm³/mol. The molecule has 2 N–H and O–H groups in total. The Kier molecular flexibility index (Phi) is 3.92. The van der Waals surface area contributed by atoms with E-state index >= 15 is 0 Å². The number of benzene rings is 1. The number of rotatable bonds is 6. The molecule has 0 saturated heterocycles. The highest BCUT2D eigenvalue weighted by Crippen LogP contribution is 2.31. The van der Waals surface area contributed by atoms with Crippen molar-refractivity contribution in [1.29, 1.82) is 0 Å². The zero-order valence-corrected chi connectivity index (χ0v) is 11.9. The van der Waals surface area contributed by atoms with Crippen LogP contribution in [0.2, 0.25) is 0 Å². The molecule has 0 radical (unpaired) electrons. The summed E-state index contributed by atoms with van der Waals surface area (Å²) in [4.78, 5) is 11.7. The van der Waals surface area contributed by atoms with Gasteiger partial charge in [0.1, 0.15) is 0 Å². The molecule has 0 aromatic heterocycles. The van der Waals surface area contributed by atoms with E-state index in [1.807, 2.05) is 31.2 Å². The summed E-state index contributed by atoms with van der Waals surface area (Å²) in [5, 5.41) is 6.47. The Balaban J connectivity index is 1.51. The Morgan fingerprint density at radius 1 is 1.30 bits per heavy atom. The van der Waals surface area contributed by atoms with Gasteiger partial charge in [0.2, 0.25) is 5.91 Å². The summed E-state index contributed by atoms with van der Waals surface area (Å²) in [6, 6.07) is 8.45. The van der Waals surface area contributed by atoms with Crippen LogP contribution in [0.3, 0.4) is 0 Å². The third-order valence-corrected chi connectivity index (χ3v) is 3.95. The summed E-state index contributed by atoms with van der Waals surface area (Å²) in [6.07, 6.45) is 4.60. The first-order valence-corrected chi connectivity index (χ1v) is 7.53. The van der Waals surface area contributed by atoms with Crippen LogP contribution in [0.1, 0.15) is 32.6 Å². The van der Waals surface area contributed by atoms with Crippen LogP contribution in [0.5, 0.6) is 0 Å². The SMILES string of the molecule is CCOC1CC(Nc2cccc(NC(=O)C3CC3)c2)C1. The minimum atomic E-state index is 0.155. The molecule has 0 atom stereocenters. The molecule has 4 nitrogen and oxygen atoms in total. The normalized spacial score (nSPS) is 24.9. The van der Waals surface area contributed by atoms with E-state index < -0.39 is 0 Å². The lowest BCUT2D eigenvalue weighted by Crippen LogP contribution is -2.40. The molecule has 2 saturated carbocycles. The van der Waals surface area contributed by atoms with Crippen molar-refractivity contribution >= 4 is 17.3 Å². The number of anilines is 2. The number of carbonyl (C=O) groups excluding carboxylic acids is 1. The second kappa shape index (κ2) is 5.83. The van der Waals surface area contributed by atoms with Gasteiger partial charge in [-0.25, -0.2) is 0 Å². The van der Waals surface area contributed by atoms with E-state index in [1.54, 1.807) is 0 Å². The molecule has 1 aromatic carbocycles. The van der Waals surface area contributed by atoms with Gasteiger partial charge >= 0.3 is 0 Å². The summed E-state index contributed by atoms with van der Waals surface area (Å²) >= 11 is 0. The van der Waals surface area contributed by atoms with Crippen LogP contribution in [0, 0.1) is 5.92 Å². The summed E-state index contributed by atoms with van der Waals surface area (Å²) in [6.45, 7) is 2.83. The van der Waals surface area contributed by atoms with Gasteiger partial charge in [0.05, 0.1) is 6.10 Å². The fourth-order valence-corrected chi connectivity index (χ4v) is 2.57. The van der Waals surface area contributed by atoms with Gasteiger partial charge in [0, 0.05) is 29.9 Å². The van der Waals surface area contributed by atoms with Gasteiger partial charge in [-0.15, -0.1) is 0 Å². The molecule has 1 aromatic rings. The van der Waals surface area contributed by atoms with Crippen molar-refractivity contribution in [3.8, 4) is 0 Å². The molecule has 0 bridgehead atoms. The average molecular weight is 274 g/mol. The van der Waals surface area contributed by atoms with E-state index in [4.69, 9.17) is 4.74 Å². The second-order valence-electron chi connectivity index (χ2n) is 5.73. The van der Waals surface area contributed by atoms with Crippen molar-refractivity contribution in [2.45, 2.75) is 44.8 Å². The number of ether oxygens (including phenoxy) is 1. The van der Waals surface area contributed by atoms with Crippen LogP contribution >= 0.6 is 0 Å². The second-order valence-corrected chi connectivity index (χ2v) is 5.73. The summed E-state index contributed by atoms with van der Waals surface area (Å²) in [7, 11) is 0. The number of hydrogen-bond acceptors (Lipinski definition) is 3. The van der Waals surface area contributed by atoms with Gasteiger partial charge in [0.15, 0.2) is 0 Å². The van der Waals surface area contributed by atoms with Crippen LogP contribution in [0.4, 0.5) is 11.4 Å². The van der Waals surface area contributed by atoms with Crippen molar-refractivity contribution in [2.75, 3.05) is 17.2 Å². The van der Waals surface area contributed by atoms with Crippen molar-refractivity contribution in [2.24, 2.45) is 5.92 Å². The van der Waals surface area contributed by atoms with Crippen molar-refractivity contribution in [3.63, 3.8) is 0 Å². The first-order chi connectivity index (χ1) is 9.74. The van der Waals surface area contributed by atoms with Gasteiger partial charge in [0.25, 0.3) is 0 Å². The summed E-state index contributed by atoms with van der Waals surface area (Å²) < 4.78 is 5.56. The molecule has 0 heterocycles. The molecule has 2 fully saturated rings. The topological polar surface area (TPSA) is 50.4 Å². The zero-order chi connectivity index (χ0) is 13.9. The highest BCUT2D eigenvalue weighted by atomic mass is 16.5. The maximum Gasteiger partial charge on any atom is 0.227 e. The van der Waals surface area contributed by atoms with Crippen LogP contribution in [0.15, 0.2) is 24.3 Å². The van der Waals surface area contributed by atoms with E-state index in [2.05, 4.69) is 10.6 Å². The average Bonchev–Trinajstić information content (AvgIpc) is 3.21. The highest BCUT2D eigenvalue weighted by Gasteiger charge is 2.30. The smallest absolute Gasteiger partial charge is 0.227 e. The molecule has 2 aliphatic carbocycles. The van der Waals surface area contributed by atoms with Gasteiger partial charge in [-0.3, -0.25) is 4.79 Å². The standard InChI is InChI=1S/C16H22N2O2/c1-2-20-15-9-14(10-15)17-12-4-3-5-13(8-12)18-16(19)11-6-7-11/h3-5,8,11,14-15,17H,2,6-7,9-10H2,1H3,(H,18,19). The van der Waals surface area contributed by atoms with E-state index in [0.29, 0.717) is 12.1 Å². The van der Waals surface area contributed by atoms with Gasteiger partial charge < -0.3 is 15.4 Å². The minimum Gasteiger partial charge on any atom is -0.382 e. The van der Waals surface area contributed by atoms with E-state index in [9.17, 15) is 4.79 Å². The Hall–Kier alpha value is -1.55. The summed E-state index contributed by atoms with van der Waals surface area (Å²) in [5.41, 5.74) is 1.95. The highest BCUT2D eigenvalue weighted by molar-refractivity contribution is 5.94. The first-order valence-electron chi connectivity index (χ1n) is 7.53. The Morgan fingerprint density at radius 2 is 2.05 bits per heavy atom.